The van der Waals surface area contributed by atoms with Gasteiger partial charge in [0.1, 0.15) is 5.54 Å². The molecule has 2 unspecified atom stereocenters. The van der Waals surface area contributed by atoms with Crippen molar-refractivity contribution in [2.75, 3.05) is 13.1 Å². The second-order valence-corrected chi connectivity index (χ2v) is 10.2. The van der Waals surface area contributed by atoms with Crippen LogP contribution in [0.3, 0.4) is 0 Å². The monoisotopic (exact) mass is 441 g/mol. The lowest BCUT2D eigenvalue weighted by atomic mass is 9.73. The summed E-state index contributed by atoms with van der Waals surface area (Å²) >= 11 is 0. The lowest BCUT2D eigenvalue weighted by Gasteiger charge is -2.46. The Morgan fingerprint density at radius 1 is 1.16 bits per heavy atom. The van der Waals surface area contributed by atoms with Crippen LogP contribution in [0, 0.1) is 5.92 Å². The van der Waals surface area contributed by atoms with Crippen LogP contribution in [0.25, 0.3) is 0 Å². The van der Waals surface area contributed by atoms with Crippen molar-refractivity contribution in [3.63, 3.8) is 0 Å². The molecule has 1 aliphatic heterocycles. The summed E-state index contributed by atoms with van der Waals surface area (Å²) in [6.45, 7) is 15.4. The highest BCUT2D eigenvalue weighted by Gasteiger charge is 2.47. The number of hydrogen-bond donors (Lipinski definition) is 2. The third-order valence-electron chi connectivity index (χ3n) is 6.45. The van der Waals surface area contributed by atoms with Crippen molar-refractivity contribution in [3.8, 4) is 0 Å². The van der Waals surface area contributed by atoms with Crippen LogP contribution in [0.4, 0.5) is 0 Å². The summed E-state index contributed by atoms with van der Waals surface area (Å²) in [4.78, 5) is 28.4. The number of hydrogen-bond acceptors (Lipinski definition) is 3. The van der Waals surface area contributed by atoms with Crippen LogP contribution in [-0.4, -0.2) is 40.9 Å². The molecule has 1 aromatic carbocycles. The molecule has 0 aromatic heterocycles. The quantitative estimate of drug-likeness (QED) is 0.503. The van der Waals surface area contributed by atoms with E-state index in [0.29, 0.717) is 18.9 Å². The highest BCUT2D eigenvalue weighted by atomic mass is 16.2. The molecule has 5 nitrogen and oxygen atoms in total. The molecule has 1 fully saturated rings. The van der Waals surface area contributed by atoms with Crippen molar-refractivity contribution in [1.29, 1.82) is 0 Å². The summed E-state index contributed by atoms with van der Waals surface area (Å²) in [6.07, 6.45) is 7.09. The van der Waals surface area contributed by atoms with Crippen LogP contribution < -0.4 is 10.6 Å². The van der Waals surface area contributed by atoms with E-state index in [2.05, 4.69) is 59.4 Å². The molecule has 0 spiro atoms. The second-order valence-electron chi connectivity index (χ2n) is 10.2. The van der Waals surface area contributed by atoms with Crippen molar-refractivity contribution >= 4 is 11.8 Å². The first-order valence-corrected chi connectivity index (χ1v) is 12.1. The smallest absolute Gasteiger partial charge is 0.246 e. The normalized spacial score (nSPS) is 18.4. The molecule has 1 aromatic rings. The number of nitrogens with zero attached hydrogens (tertiary/aromatic N) is 1. The number of carbonyl (C=O) groups is 2. The Hall–Kier alpha value is -2.14. The van der Waals surface area contributed by atoms with E-state index >= 15 is 0 Å². The van der Waals surface area contributed by atoms with Crippen molar-refractivity contribution in [3.05, 3.63) is 48.6 Å². The zero-order chi connectivity index (χ0) is 23.8. The van der Waals surface area contributed by atoms with Gasteiger partial charge in [0.05, 0.1) is 0 Å². The number of carbonyl (C=O) groups excluding carboxylic acids is 2. The van der Waals surface area contributed by atoms with Gasteiger partial charge < -0.3 is 10.6 Å². The van der Waals surface area contributed by atoms with Crippen LogP contribution in [-0.2, 0) is 9.59 Å². The van der Waals surface area contributed by atoms with Gasteiger partial charge in [0, 0.05) is 18.5 Å². The van der Waals surface area contributed by atoms with Gasteiger partial charge in [-0.25, -0.2) is 0 Å². The van der Waals surface area contributed by atoms with Crippen molar-refractivity contribution in [1.82, 2.24) is 15.5 Å². The molecule has 0 bridgehead atoms. The summed E-state index contributed by atoms with van der Waals surface area (Å²) in [5.74, 6) is -0.148. The largest absolute Gasteiger partial charge is 0.349 e. The minimum atomic E-state index is -0.910. The van der Waals surface area contributed by atoms with E-state index in [0.717, 1.165) is 38.8 Å². The molecular formula is C27H43N3O2. The summed E-state index contributed by atoms with van der Waals surface area (Å²) in [6, 6.07) is 11.1. The first kappa shape index (κ1) is 26.1. The van der Waals surface area contributed by atoms with Crippen LogP contribution in [0.15, 0.2) is 43.0 Å². The Bertz CT molecular complexity index is 748. The number of amides is 2. The molecule has 2 amide bonds. The zero-order valence-electron chi connectivity index (χ0n) is 20.7. The Labute approximate surface area is 195 Å². The van der Waals surface area contributed by atoms with E-state index in [9.17, 15) is 9.59 Å². The van der Waals surface area contributed by atoms with Gasteiger partial charge in [-0.3, -0.25) is 14.5 Å². The molecular weight excluding hydrogens is 398 g/mol. The van der Waals surface area contributed by atoms with E-state index in [1.807, 2.05) is 26.8 Å². The Morgan fingerprint density at radius 3 is 2.28 bits per heavy atom. The van der Waals surface area contributed by atoms with E-state index in [4.69, 9.17) is 0 Å². The molecule has 178 valence electrons. The maximum atomic E-state index is 13.6. The molecule has 0 radical (unpaired) electrons. The molecule has 1 aliphatic rings. The van der Waals surface area contributed by atoms with Gasteiger partial charge in [0.25, 0.3) is 0 Å². The topological polar surface area (TPSA) is 61.4 Å². The highest BCUT2D eigenvalue weighted by Crippen LogP contribution is 2.37. The fraction of sp³-hybridized carbons (Fsp3) is 0.630. The highest BCUT2D eigenvalue weighted by molar-refractivity contribution is 5.91. The van der Waals surface area contributed by atoms with Gasteiger partial charge in [-0.15, -0.1) is 6.58 Å². The minimum Gasteiger partial charge on any atom is -0.349 e. The molecule has 2 rings (SSSR count). The van der Waals surface area contributed by atoms with Gasteiger partial charge in [0.15, 0.2) is 0 Å². The summed E-state index contributed by atoms with van der Waals surface area (Å²) in [5, 5.41) is 6.25. The van der Waals surface area contributed by atoms with Gasteiger partial charge in [-0.1, -0.05) is 49.8 Å². The standard InChI is InChI=1S/C27H43N3O2/c1-7-9-18-27(28-21(3)31,25(32)29-26(4,5)6)23-16-19-30(20-17-23)24(13-8-2)22-14-11-10-12-15-22/h7,10-12,14-15,23-24H,1,8-9,13,16-20H2,2-6H3,(H,28,31)(H,29,32). The fourth-order valence-electron chi connectivity index (χ4n) is 5.03. The molecule has 32 heavy (non-hydrogen) atoms. The number of piperidine rings is 1. The lowest BCUT2D eigenvalue weighted by molar-refractivity contribution is -0.138. The average molecular weight is 442 g/mol. The van der Waals surface area contributed by atoms with E-state index in [1.165, 1.54) is 12.5 Å². The molecule has 0 saturated carbocycles. The maximum Gasteiger partial charge on any atom is 0.246 e. The fourth-order valence-corrected chi connectivity index (χ4v) is 5.03. The third kappa shape index (κ3) is 6.93. The number of benzene rings is 1. The minimum absolute atomic E-state index is 0.0753. The van der Waals surface area contributed by atoms with Crippen LogP contribution >= 0.6 is 0 Å². The number of nitrogens with one attached hydrogen (secondary N) is 2. The SMILES string of the molecule is C=CCCC(NC(C)=O)(C(=O)NC(C)(C)C)C1CCN(C(CCC)c2ccccc2)CC1. The maximum absolute atomic E-state index is 13.6. The molecule has 2 atom stereocenters. The van der Waals surface area contributed by atoms with Crippen LogP contribution in [0.1, 0.15) is 84.7 Å². The predicted molar refractivity (Wildman–Crippen MR) is 132 cm³/mol. The molecule has 5 heteroatoms. The van der Waals surface area contributed by atoms with Gasteiger partial charge >= 0.3 is 0 Å². The van der Waals surface area contributed by atoms with Crippen LogP contribution in [0.2, 0.25) is 0 Å². The van der Waals surface area contributed by atoms with Crippen molar-refractivity contribution < 1.29 is 9.59 Å². The van der Waals surface area contributed by atoms with E-state index in [1.54, 1.807) is 0 Å². The van der Waals surface area contributed by atoms with E-state index < -0.39 is 5.54 Å². The molecule has 1 saturated heterocycles. The molecule has 1 heterocycles. The average Bonchev–Trinajstić information content (AvgIpc) is 2.74. The molecule has 0 aliphatic carbocycles. The number of allylic oxidation sites excluding steroid dienone is 1. The summed E-state index contributed by atoms with van der Waals surface area (Å²) < 4.78 is 0. The summed E-state index contributed by atoms with van der Waals surface area (Å²) in [5.41, 5.74) is 0.0831. The number of rotatable bonds is 10. The van der Waals surface area contributed by atoms with Gasteiger partial charge in [0.2, 0.25) is 11.8 Å². The predicted octanol–water partition coefficient (Wildman–Crippen LogP) is 5.00. The van der Waals surface area contributed by atoms with Crippen LogP contribution in [0.5, 0.6) is 0 Å². The summed E-state index contributed by atoms with van der Waals surface area (Å²) in [7, 11) is 0. The Morgan fingerprint density at radius 2 is 1.78 bits per heavy atom. The molecule has 2 N–H and O–H groups in total. The van der Waals surface area contributed by atoms with E-state index in [-0.39, 0.29) is 23.3 Å². The van der Waals surface area contributed by atoms with Crippen molar-refractivity contribution in [2.24, 2.45) is 5.92 Å². The van der Waals surface area contributed by atoms with Gasteiger partial charge in [-0.2, -0.15) is 0 Å². The Balaban J connectivity index is 2.27. The second kappa shape index (κ2) is 11.6. The van der Waals surface area contributed by atoms with Crippen molar-refractivity contribution in [2.45, 2.75) is 90.3 Å². The number of likely N-dealkylation sites (tertiary alicyclic amines) is 1. The lowest BCUT2D eigenvalue weighted by Crippen LogP contribution is -2.66. The first-order valence-electron chi connectivity index (χ1n) is 12.1. The Kier molecular flexibility index (Phi) is 9.50. The van der Waals surface area contributed by atoms with Gasteiger partial charge in [-0.05, 0) is 77.4 Å². The first-order chi connectivity index (χ1) is 15.1. The third-order valence-corrected chi connectivity index (χ3v) is 6.45. The zero-order valence-corrected chi connectivity index (χ0v) is 20.7.